The van der Waals surface area contributed by atoms with Gasteiger partial charge in [-0.15, -0.1) is 4.40 Å². The molecule has 20 heavy (non-hydrogen) atoms. The van der Waals surface area contributed by atoms with E-state index in [4.69, 9.17) is 4.74 Å². The summed E-state index contributed by atoms with van der Waals surface area (Å²) in [4.78, 5) is 11.6. The zero-order chi connectivity index (χ0) is 14.6. The number of non-ortho nitro benzene ring substituents is 1. The second-order valence-corrected chi connectivity index (χ2v) is 5.73. The van der Waals surface area contributed by atoms with E-state index in [0.717, 1.165) is 12.1 Å². The Hall–Kier alpha value is -2.00. The van der Waals surface area contributed by atoms with Gasteiger partial charge in [0.15, 0.2) is 0 Å². The molecule has 2 rings (SSSR count). The van der Waals surface area contributed by atoms with E-state index in [1.165, 1.54) is 18.5 Å². The van der Waals surface area contributed by atoms with Gasteiger partial charge in [0.05, 0.1) is 23.0 Å². The Morgan fingerprint density at radius 2 is 1.85 bits per heavy atom. The SMILES string of the molecule is O=[N+]([O-])c1ccc(S(=O)(=O)/N=C/N2CCOCC2)cc1. The summed E-state index contributed by atoms with van der Waals surface area (Å²) in [5.41, 5.74) is -0.166. The van der Waals surface area contributed by atoms with Crippen LogP contribution in [0.25, 0.3) is 0 Å². The predicted molar refractivity (Wildman–Crippen MR) is 71.2 cm³/mol. The smallest absolute Gasteiger partial charge is 0.283 e. The maximum atomic E-state index is 11.9. The second-order valence-electron chi connectivity index (χ2n) is 4.10. The molecular weight excluding hydrogens is 286 g/mol. The van der Waals surface area contributed by atoms with Crippen molar-refractivity contribution in [3.05, 3.63) is 34.4 Å². The molecule has 0 unspecified atom stereocenters. The number of benzene rings is 1. The molecule has 0 bridgehead atoms. The fourth-order valence-electron chi connectivity index (χ4n) is 1.62. The normalized spacial score (nSPS) is 16.5. The molecule has 1 aliphatic heterocycles. The number of nitrogens with zero attached hydrogens (tertiary/aromatic N) is 3. The van der Waals surface area contributed by atoms with Gasteiger partial charge in [-0.3, -0.25) is 10.1 Å². The van der Waals surface area contributed by atoms with Crippen LogP contribution in [0.2, 0.25) is 0 Å². The van der Waals surface area contributed by atoms with Gasteiger partial charge in [0.25, 0.3) is 15.7 Å². The van der Waals surface area contributed by atoms with Gasteiger partial charge in [-0.1, -0.05) is 0 Å². The summed E-state index contributed by atoms with van der Waals surface area (Å²) in [5.74, 6) is 0. The zero-order valence-corrected chi connectivity index (χ0v) is 11.3. The monoisotopic (exact) mass is 299 g/mol. The fourth-order valence-corrected chi connectivity index (χ4v) is 2.48. The van der Waals surface area contributed by atoms with E-state index in [2.05, 4.69) is 4.40 Å². The van der Waals surface area contributed by atoms with Gasteiger partial charge in [0.1, 0.15) is 6.34 Å². The quantitative estimate of drug-likeness (QED) is 0.350. The first kappa shape index (κ1) is 14.4. The first-order valence-corrected chi connectivity index (χ1v) is 7.30. The molecule has 0 amide bonds. The Morgan fingerprint density at radius 3 is 2.40 bits per heavy atom. The summed E-state index contributed by atoms with van der Waals surface area (Å²) < 4.78 is 32.6. The lowest BCUT2D eigenvalue weighted by Gasteiger charge is -2.23. The van der Waals surface area contributed by atoms with Crippen LogP contribution in [-0.2, 0) is 14.8 Å². The Morgan fingerprint density at radius 1 is 1.25 bits per heavy atom. The van der Waals surface area contributed by atoms with Gasteiger partial charge in [-0.05, 0) is 12.1 Å². The summed E-state index contributed by atoms with van der Waals surface area (Å²) in [7, 11) is -3.84. The van der Waals surface area contributed by atoms with E-state index in [1.54, 1.807) is 4.90 Å². The van der Waals surface area contributed by atoms with E-state index < -0.39 is 14.9 Å². The average Bonchev–Trinajstić information content (AvgIpc) is 2.46. The maximum Gasteiger partial charge on any atom is 0.283 e. The third-order valence-electron chi connectivity index (χ3n) is 2.74. The van der Waals surface area contributed by atoms with Gasteiger partial charge < -0.3 is 9.64 Å². The molecule has 1 saturated heterocycles. The predicted octanol–water partition coefficient (Wildman–Crippen LogP) is 0.644. The number of sulfonamides is 1. The van der Waals surface area contributed by atoms with Crippen molar-refractivity contribution in [2.24, 2.45) is 4.40 Å². The molecule has 0 N–H and O–H groups in total. The lowest BCUT2D eigenvalue weighted by Crippen LogP contribution is -2.35. The molecular formula is C11H13N3O5S. The lowest BCUT2D eigenvalue weighted by atomic mass is 10.3. The highest BCUT2D eigenvalue weighted by atomic mass is 32.2. The van der Waals surface area contributed by atoms with Crippen LogP contribution in [-0.4, -0.2) is 50.9 Å². The van der Waals surface area contributed by atoms with Crippen molar-refractivity contribution < 1.29 is 18.1 Å². The highest BCUT2D eigenvalue weighted by Gasteiger charge is 2.15. The Bertz CT molecular complexity index is 605. The molecule has 1 aromatic rings. The summed E-state index contributed by atoms with van der Waals surface area (Å²) in [6.45, 7) is 2.23. The van der Waals surface area contributed by atoms with Gasteiger partial charge >= 0.3 is 0 Å². The zero-order valence-electron chi connectivity index (χ0n) is 10.5. The maximum absolute atomic E-state index is 11.9. The van der Waals surface area contributed by atoms with Gasteiger partial charge in [-0.2, -0.15) is 8.42 Å². The first-order chi connectivity index (χ1) is 9.49. The van der Waals surface area contributed by atoms with Crippen LogP contribution in [0.4, 0.5) is 5.69 Å². The topological polar surface area (TPSA) is 102 Å². The average molecular weight is 299 g/mol. The van der Waals surface area contributed by atoms with E-state index in [9.17, 15) is 18.5 Å². The van der Waals surface area contributed by atoms with Crippen LogP contribution < -0.4 is 0 Å². The number of hydrogen-bond donors (Lipinski definition) is 0. The molecule has 0 radical (unpaired) electrons. The highest BCUT2D eigenvalue weighted by molar-refractivity contribution is 7.90. The molecule has 0 atom stereocenters. The first-order valence-electron chi connectivity index (χ1n) is 5.86. The largest absolute Gasteiger partial charge is 0.378 e. The van der Waals surface area contributed by atoms with Crippen molar-refractivity contribution in [2.75, 3.05) is 26.3 Å². The number of ether oxygens (including phenoxy) is 1. The minimum Gasteiger partial charge on any atom is -0.378 e. The van der Waals surface area contributed by atoms with Crippen molar-refractivity contribution in [3.63, 3.8) is 0 Å². The fraction of sp³-hybridized carbons (Fsp3) is 0.364. The summed E-state index contributed by atoms with van der Waals surface area (Å²) in [6.07, 6.45) is 1.26. The van der Waals surface area contributed by atoms with Gasteiger partial charge in [0.2, 0.25) is 0 Å². The van der Waals surface area contributed by atoms with Crippen molar-refractivity contribution in [2.45, 2.75) is 4.90 Å². The second kappa shape index (κ2) is 5.97. The molecule has 0 aliphatic carbocycles. The van der Waals surface area contributed by atoms with E-state index in [-0.39, 0.29) is 10.6 Å². The van der Waals surface area contributed by atoms with Crippen molar-refractivity contribution in [1.29, 1.82) is 0 Å². The van der Waals surface area contributed by atoms with Crippen LogP contribution in [0.3, 0.4) is 0 Å². The van der Waals surface area contributed by atoms with Gasteiger partial charge in [-0.25, -0.2) is 0 Å². The third kappa shape index (κ3) is 3.52. The minimum atomic E-state index is -3.84. The molecule has 0 spiro atoms. The molecule has 0 aromatic heterocycles. The van der Waals surface area contributed by atoms with E-state index >= 15 is 0 Å². The third-order valence-corrected chi connectivity index (χ3v) is 3.98. The number of rotatable bonds is 4. The van der Waals surface area contributed by atoms with Crippen LogP contribution in [0, 0.1) is 10.1 Å². The van der Waals surface area contributed by atoms with Crippen LogP contribution in [0.15, 0.2) is 33.6 Å². The number of nitro groups is 1. The molecule has 1 aromatic carbocycles. The Balaban J connectivity index is 2.13. The van der Waals surface area contributed by atoms with Crippen molar-refractivity contribution in [3.8, 4) is 0 Å². The summed E-state index contributed by atoms with van der Waals surface area (Å²) in [5, 5.41) is 10.5. The van der Waals surface area contributed by atoms with Crippen molar-refractivity contribution >= 4 is 22.0 Å². The van der Waals surface area contributed by atoms with Crippen LogP contribution >= 0.6 is 0 Å². The summed E-state index contributed by atoms with van der Waals surface area (Å²) >= 11 is 0. The lowest BCUT2D eigenvalue weighted by molar-refractivity contribution is -0.384. The minimum absolute atomic E-state index is 0.0763. The number of hydrogen-bond acceptors (Lipinski definition) is 5. The van der Waals surface area contributed by atoms with Crippen molar-refractivity contribution in [1.82, 2.24) is 4.90 Å². The Kier molecular flexibility index (Phi) is 4.30. The summed E-state index contributed by atoms with van der Waals surface area (Å²) in [6, 6.07) is 4.61. The van der Waals surface area contributed by atoms with Crippen LogP contribution in [0.5, 0.6) is 0 Å². The standard InChI is InChI=1S/C11H13N3O5S/c15-14(16)10-1-3-11(4-2-10)20(17,18)12-9-13-5-7-19-8-6-13/h1-4,9H,5-8H2/b12-9+. The van der Waals surface area contributed by atoms with Crippen LogP contribution in [0.1, 0.15) is 0 Å². The Labute approximate surface area is 115 Å². The molecule has 8 nitrogen and oxygen atoms in total. The molecule has 1 aliphatic rings. The molecule has 1 fully saturated rings. The molecule has 1 heterocycles. The number of morpholine rings is 1. The van der Waals surface area contributed by atoms with E-state index in [0.29, 0.717) is 26.3 Å². The molecule has 0 saturated carbocycles. The molecule has 9 heteroatoms. The number of nitro benzene ring substituents is 1. The highest BCUT2D eigenvalue weighted by Crippen LogP contribution is 2.17. The molecule has 108 valence electrons. The van der Waals surface area contributed by atoms with E-state index in [1.807, 2.05) is 0 Å². The van der Waals surface area contributed by atoms with Gasteiger partial charge in [0, 0.05) is 25.2 Å².